The van der Waals surface area contributed by atoms with Crippen LogP contribution in [0.3, 0.4) is 0 Å². The van der Waals surface area contributed by atoms with Crippen molar-refractivity contribution >= 4 is 11.6 Å². The van der Waals surface area contributed by atoms with E-state index >= 15 is 0 Å². The van der Waals surface area contributed by atoms with Crippen molar-refractivity contribution in [3.05, 3.63) is 22.5 Å². The minimum atomic E-state index is -0.297. The molecule has 1 N–H and O–H groups in total. The molecule has 3 nitrogen and oxygen atoms in total. The first kappa shape index (κ1) is 16.5. The van der Waals surface area contributed by atoms with Gasteiger partial charge in [0, 0.05) is 22.1 Å². The number of carbonyl (C=O) groups is 2. The molecule has 0 heterocycles. The highest BCUT2D eigenvalue weighted by Gasteiger charge is 2.55. The molecule has 3 rings (SSSR count). The van der Waals surface area contributed by atoms with Crippen molar-refractivity contribution < 1.29 is 14.7 Å². The van der Waals surface area contributed by atoms with Crippen molar-refractivity contribution in [1.29, 1.82) is 0 Å². The molecule has 0 saturated heterocycles. The summed E-state index contributed by atoms with van der Waals surface area (Å²) in [6.07, 6.45) is 4.81. The predicted molar refractivity (Wildman–Crippen MR) is 90.0 cm³/mol. The van der Waals surface area contributed by atoms with Gasteiger partial charge in [0.1, 0.15) is 0 Å². The summed E-state index contributed by atoms with van der Waals surface area (Å²) in [5, 5.41) is 10.4. The van der Waals surface area contributed by atoms with E-state index in [0.29, 0.717) is 29.1 Å². The molecule has 3 aliphatic carbocycles. The van der Waals surface area contributed by atoms with E-state index in [1.807, 2.05) is 13.8 Å². The molecule has 0 amide bonds. The van der Waals surface area contributed by atoms with E-state index in [2.05, 4.69) is 20.8 Å². The predicted octanol–water partition coefficient (Wildman–Crippen LogP) is 4.53. The minimum Gasteiger partial charge on any atom is -0.504 e. The maximum absolute atomic E-state index is 13.0. The summed E-state index contributed by atoms with van der Waals surface area (Å²) in [5.74, 6) is -0.404. The van der Waals surface area contributed by atoms with Gasteiger partial charge in [-0.25, -0.2) is 0 Å². The van der Waals surface area contributed by atoms with Gasteiger partial charge in [-0.2, -0.15) is 0 Å². The quantitative estimate of drug-likeness (QED) is 0.723. The maximum atomic E-state index is 13.0. The van der Waals surface area contributed by atoms with Crippen LogP contribution in [0.4, 0.5) is 0 Å². The Hall–Kier alpha value is -1.38. The molecule has 3 aliphatic rings. The topological polar surface area (TPSA) is 54.4 Å². The van der Waals surface area contributed by atoms with Gasteiger partial charge < -0.3 is 5.11 Å². The third-order valence-electron chi connectivity index (χ3n) is 6.58. The lowest BCUT2D eigenvalue weighted by Crippen LogP contribution is -2.49. The van der Waals surface area contributed by atoms with Gasteiger partial charge in [0.25, 0.3) is 0 Å². The van der Waals surface area contributed by atoms with Crippen molar-refractivity contribution in [3.63, 3.8) is 0 Å². The number of Topliss-reactive ketones (excluding diaryl/α,β-unsaturated/α-hetero) is 2. The molecule has 3 heteroatoms. The lowest BCUT2D eigenvalue weighted by atomic mass is 9.48. The highest BCUT2D eigenvalue weighted by molar-refractivity contribution is 6.25. The molecule has 0 aliphatic heterocycles. The Balaban J connectivity index is 2.16. The van der Waals surface area contributed by atoms with Gasteiger partial charge in [0.05, 0.1) is 0 Å². The van der Waals surface area contributed by atoms with Crippen LogP contribution in [0.25, 0.3) is 0 Å². The summed E-state index contributed by atoms with van der Waals surface area (Å²) in [6, 6.07) is 0. The van der Waals surface area contributed by atoms with Crippen LogP contribution in [0.5, 0.6) is 0 Å². The standard InChI is InChI=1S/C20H28O3/c1-11(2)14-16(21)12-7-8-13-19(3,4)9-6-10-20(13,5)15(12)18(23)17(14)22/h11,13,22H,6-10H2,1-5H3/t13-,20-/m0/s1. The van der Waals surface area contributed by atoms with E-state index in [-0.39, 0.29) is 34.1 Å². The molecule has 0 unspecified atom stereocenters. The Labute approximate surface area is 138 Å². The molecule has 0 spiro atoms. The average Bonchev–Trinajstić information content (AvgIpc) is 2.43. The molecule has 0 aromatic heterocycles. The monoisotopic (exact) mass is 316 g/mol. The lowest BCUT2D eigenvalue weighted by molar-refractivity contribution is -0.122. The number of ketones is 2. The fourth-order valence-electron chi connectivity index (χ4n) is 5.56. The third-order valence-corrected chi connectivity index (χ3v) is 6.58. The highest BCUT2D eigenvalue weighted by Crippen LogP contribution is 2.60. The number of aliphatic hydroxyl groups is 1. The van der Waals surface area contributed by atoms with Crippen LogP contribution in [-0.2, 0) is 9.59 Å². The van der Waals surface area contributed by atoms with E-state index in [9.17, 15) is 14.7 Å². The molecular weight excluding hydrogens is 288 g/mol. The van der Waals surface area contributed by atoms with E-state index in [1.54, 1.807) is 0 Å². The fourth-order valence-corrected chi connectivity index (χ4v) is 5.56. The van der Waals surface area contributed by atoms with Gasteiger partial charge in [-0.1, -0.05) is 41.0 Å². The summed E-state index contributed by atoms with van der Waals surface area (Å²) < 4.78 is 0. The van der Waals surface area contributed by atoms with Crippen molar-refractivity contribution in [2.24, 2.45) is 22.7 Å². The van der Waals surface area contributed by atoms with Gasteiger partial charge in [0.15, 0.2) is 11.5 Å². The Bertz CT molecular complexity index is 648. The van der Waals surface area contributed by atoms with Gasteiger partial charge in [-0.3, -0.25) is 9.59 Å². The largest absolute Gasteiger partial charge is 0.504 e. The molecular formula is C20H28O3. The Morgan fingerprint density at radius 2 is 1.74 bits per heavy atom. The van der Waals surface area contributed by atoms with E-state index in [0.717, 1.165) is 25.7 Å². The smallest absolute Gasteiger partial charge is 0.224 e. The first-order chi connectivity index (χ1) is 10.6. The number of rotatable bonds is 1. The molecule has 0 aromatic rings. The van der Waals surface area contributed by atoms with Crippen molar-refractivity contribution in [2.75, 3.05) is 0 Å². The summed E-state index contributed by atoms with van der Waals surface area (Å²) in [5.41, 5.74) is 1.53. The van der Waals surface area contributed by atoms with Crippen molar-refractivity contribution in [2.45, 2.75) is 66.7 Å². The second-order valence-electron chi connectivity index (χ2n) is 8.78. The van der Waals surface area contributed by atoms with Gasteiger partial charge in [0.2, 0.25) is 5.78 Å². The fraction of sp³-hybridized carbons (Fsp3) is 0.700. The van der Waals surface area contributed by atoms with Crippen LogP contribution in [0, 0.1) is 22.7 Å². The van der Waals surface area contributed by atoms with Crippen LogP contribution >= 0.6 is 0 Å². The molecule has 1 fully saturated rings. The van der Waals surface area contributed by atoms with Crippen molar-refractivity contribution in [1.82, 2.24) is 0 Å². The summed E-state index contributed by atoms with van der Waals surface area (Å²) in [7, 11) is 0. The van der Waals surface area contributed by atoms with Crippen LogP contribution < -0.4 is 0 Å². The molecule has 0 radical (unpaired) electrons. The maximum Gasteiger partial charge on any atom is 0.224 e. The zero-order valence-electron chi connectivity index (χ0n) is 15.0. The van der Waals surface area contributed by atoms with Crippen LogP contribution in [-0.4, -0.2) is 16.7 Å². The minimum absolute atomic E-state index is 0.0878. The molecule has 1 saturated carbocycles. The molecule has 23 heavy (non-hydrogen) atoms. The molecule has 2 atom stereocenters. The zero-order chi connectivity index (χ0) is 17.2. The lowest BCUT2D eigenvalue weighted by Gasteiger charge is -2.55. The normalized spacial score (nSPS) is 33.9. The van der Waals surface area contributed by atoms with E-state index in [1.165, 1.54) is 0 Å². The number of fused-ring (bicyclic) bond motifs is 2. The summed E-state index contributed by atoms with van der Waals surface area (Å²) in [4.78, 5) is 25.9. The van der Waals surface area contributed by atoms with Crippen LogP contribution in [0.1, 0.15) is 66.7 Å². The van der Waals surface area contributed by atoms with Gasteiger partial charge in [-0.15, -0.1) is 0 Å². The number of allylic oxidation sites excluding steroid dienone is 3. The van der Waals surface area contributed by atoms with E-state index < -0.39 is 0 Å². The molecule has 126 valence electrons. The second kappa shape index (κ2) is 5.06. The second-order valence-corrected chi connectivity index (χ2v) is 8.78. The van der Waals surface area contributed by atoms with Crippen LogP contribution in [0.2, 0.25) is 0 Å². The Morgan fingerprint density at radius 3 is 2.35 bits per heavy atom. The zero-order valence-corrected chi connectivity index (χ0v) is 15.0. The summed E-state index contributed by atoms with van der Waals surface area (Å²) >= 11 is 0. The first-order valence-electron chi connectivity index (χ1n) is 8.87. The number of aliphatic hydroxyl groups excluding tert-OH is 1. The number of hydrogen-bond acceptors (Lipinski definition) is 3. The average molecular weight is 316 g/mol. The number of hydrogen-bond donors (Lipinski definition) is 1. The summed E-state index contributed by atoms with van der Waals surface area (Å²) in [6.45, 7) is 10.4. The molecule has 0 aromatic carbocycles. The molecule has 0 bridgehead atoms. The first-order valence-corrected chi connectivity index (χ1v) is 8.87. The Morgan fingerprint density at radius 1 is 1.09 bits per heavy atom. The number of carbonyl (C=O) groups excluding carboxylic acids is 2. The Kier molecular flexibility index (Phi) is 3.62. The van der Waals surface area contributed by atoms with Gasteiger partial charge >= 0.3 is 0 Å². The van der Waals surface area contributed by atoms with E-state index in [4.69, 9.17) is 0 Å². The third kappa shape index (κ3) is 2.15. The highest BCUT2D eigenvalue weighted by atomic mass is 16.3. The van der Waals surface area contributed by atoms with Crippen molar-refractivity contribution in [3.8, 4) is 0 Å². The van der Waals surface area contributed by atoms with Crippen LogP contribution in [0.15, 0.2) is 22.5 Å². The SMILES string of the molecule is CC(C)C1=C(O)C(=O)C2=C(CC[C@H]3C(C)(C)CCC[C@]23C)C1=O. The van der Waals surface area contributed by atoms with Gasteiger partial charge in [-0.05, 0) is 42.9 Å².